The molecule has 0 spiro atoms. The lowest BCUT2D eigenvalue weighted by molar-refractivity contribution is 0.0951. The molecule has 0 aliphatic carbocycles. The van der Waals surface area contributed by atoms with Crippen LogP contribution in [0.4, 0.5) is 5.82 Å². The summed E-state index contributed by atoms with van der Waals surface area (Å²) in [5.74, 6) is -0.141. The van der Waals surface area contributed by atoms with Gasteiger partial charge in [0.05, 0.1) is 5.56 Å². The first kappa shape index (κ1) is 17.0. The maximum absolute atomic E-state index is 12.2. The third-order valence-electron chi connectivity index (χ3n) is 3.86. The van der Waals surface area contributed by atoms with E-state index in [1.807, 2.05) is 30.3 Å². The van der Waals surface area contributed by atoms with Gasteiger partial charge in [-0.3, -0.25) is 4.79 Å². The molecule has 3 rings (SSSR count). The van der Waals surface area contributed by atoms with Crippen LogP contribution in [0.3, 0.4) is 0 Å². The predicted octanol–water partition coefficient (Wildman–Crippen LogP) is 3.84. The summed E-state index contributed by atoms with van der Waals surface area (Å²) in [6, 6.07) is 21.6. The van der Waals surface area contributed by atoms with E-state index >= 15 is 0 Å². The van der Waals surface area contributed by atoms with Gasteiger partial charge in [0, 0.05) is 6.54 Å². The summed E-state index contributed by atoms with van der Waals surface area (Å²) in [6.45, 7) is 0.423. The monoisotopic (exact) mass is 351 g/mol. The van der Waals surface area contributed by atoms with Gasteiger partial charge in [0.2, 0.25) is 0 Å². The number of aromatic nitrogens is 1. The van der Waals surface area contributed by atoms with E-state index in [2.05, 4.69) is 34.6 Å². The van der Waals surface area contributed by atoms with Crippen molar-refractivity contribution in [3.63, 3.8) is 0 Å². The fraction of sp³-hybridized carbons (Fsp3) is 0.100. The highest BCUT2D eigenvalue weighted by Crippen LogP contribution is 2.14. The lowest BCUT2D eigenvalue weighted by Crippen LogP contribution is -2.24. The zero-order chi connectivity index (χ0) is 17.6. The highest BCUT2D eigenvalue weighted by Gasteiger charge is 2.10. The molecule has 1 heterocycles. The molecule has 3 N–H and O–H groups in total. The number of nitrogens with two attached hydrogens (primary N) is 1. The number of nitrogens with zero attached hydrogens (tertiary/aromatic N) is 1. The van der Waals surface area contributed by atoms with Crippen LogP contribution in [0.1, 0.15) is 27.0 Å². The van der Waals surface area contributed by atoms with Crippen LogP contribution in [0, 0.1) is 0 Å². The Kier molecular flexibility index (Phi) is 5.31. The maximum Gasteiger partial charge on any atom is 0.255 e. The van der Waals surface area contributed by atoms with Crippen molar-refractivity contribution in [2.75, 3.05) is 5.73 Å². The summed E-state index contributed by atoms with van der Waals surface area (Å²) >= 11 is 5.74. The lowest BCUT2D eigenvalue weighted by atomic mass is 10.0. The van der Waals surface area contributed by atoms with Gasteiger partial charge >= 0.3 is 0 Å². The SMILES string of the molecule is Nc1nc(Cl)ccc1C(=O)NCc1ccc(Cc2ccccc2)cc1. The van der Waals surface area contributed by atoms with Crippen molar-refractivity contribution in [3.05, 3.63) is 94.1 Å². The molecule has 0 radical (unpaired) electrons. The molecule has 0 saturated heterocycles. The lowest BCUT2D eigenvalue weighted by Gasteiger charge is -2.08. The molecule has 0 bridgehead atoms. The van der Waals surface area contributed by atoms with Crippen molar-refractivity contribution in [3.8, 4) is 0 Å². The molecule has 3 aromatic rings. The Morgan fingerprint density at radius 2 is 1.56 bits per heavy atom. The standard InChI is InChI=1S/C20H18ClN3O/c21-18-11-10-17(19(22)24-18)20(25)23-13-16-8-6-15(7-9-16)12-14-4-2-1-3-5-14/h1-11H,12-13H2,(H2,22,24)(H,23,25). The Morgan fingerprint density at radius 3 is 2.24 bits per heavy atom. The number of carbonyl (C=O) groups is 1. The van der Waals surface area contributed by atoms with Gasteiger partial charge < -0.3 is 11.1 Å². The van der Waals surface area contributed by atoms with Crippen LogP contribution in [-0.4, -0.2) is 10.9 Å². The molecule has 5 heteroatoms. The molecule has 1 aromatic heterocycles. The second kappa shape index (κ2) is 7.81. The van der Waals surface area contributed by atoms with E-state index in [9.17, 15) is 4.79 Å². The second-order valence-corrected chi connectivity index (χ2v) is 6.12. The molecule has 4 nitrogen and oxygen atoms in total. The molecular formula is C20H18ClN3O. The Morgan fingerprint density at radius 1 is 0.920 bits per heavy atom. The Bertz CT molecular complexity index is 864. The van der Waals surface area contributed by atoms with Crippen molar-refractivity contribution >= 4 is 23.3 Å². The minimum Gasteiger partial charge on any atom is -0.383 e. The van der Waals surface area contributed by atoms with E-state index in [-0.39, 0.29) is 16.9 Å². The Balaban J connectivity index is 1.59. The van der Waals surface area contributed by atoms with Gasteiger partial charge in [0.1, 0.15) is 11.0 Å². The van der Waals surface area contributed by atoms with Crippen LogP contribution in [-0.2, 0) is 13.0 Å². The van der Waals surface area contributed by atoms with Crippen LogP contribution in [0.15, 0.2) is 66.7 Å². The minimum absolute atomic E-state index is 0.128. The van der Waals surface area contributed by atoms with E-state index in [0.717, 1.165) is 12.0 Å². The van der Waals surface area contributed by atoms with Crippen molar-refractivity contribution < 1.29 is 4.79 Å². The highest BCUT2D eigenvalue weighted by molar-refractivity contribution is 6.29. The molecule has 2 aromatic carbocycles. The topological polar surface area (TPSA) is 68.0 Å². The molecule has 0 fully saturated rings. The molecule has 126 valence electrons. The number of hydrogen-bond donors (Lipinski definition) is 2. The molecule has 0 aliphatic rings. The largest absolute Gasteiger partial charge is 0.383 e. The first-order valence-electron chi connectivity index (χ1n) is 7.94. The summed E-state index contributed by atoms with van der Waals surface area (Å²) in [4.78, 5) is 16.1. The highest BCUT2D eigenvalue weighted by atomic mass is 35.5. The van der Waals surface area contributed by atoms with E-state index in [0.29, 0.717) is 12.1 Å². The first-order chi connectivity index (χ1) is 12.1. The van der Waals surface area contributed by atoms with E-state index < -0.39 is 0 Å². The normalized spacial score (nSPS) is 10.4. The number of nitrogens with one attached hydrogen (secondary N) is 1. The van der Waals surface area contributed by atoms with Crippen molar-refractivity contribution in [2.45, 2.75) is 13.0 Å². The zero-order valence-electron chi connectivity index (χ0n) is 13.6. The summed E-state index contributed by atoms with van der Waals surface area (Å²) in [7, 11) is 0. The number of halogens is 1. The third kappa shape index (κ3) is 4.58. The number of carbonyl (C=O) groups excluding carboxylic acids is 1. The van der Waals surface area contributed by atoms with Crippen LogP contribution < -0.4 is 11.1 Å². The number of anilines is 1. The van der Waals surface area contributed by atoms with Crippen LogP contribution in [0.25, 0.3) is 0 Å². The second-order valence-electron chi connectivity index (χ2n) is 5.73. The number of pyridine rings is 1. The van der Waals surface area contributed by atoms with Gasteiger partial charge in [0.15, 0.2) is 0 Å². The average Bonchev–Trinajstić information content (AvgIpc) is 2.62. The quantitative estimate of drug-likeness (QED) is 0.686. The van der Waals surface area contributed by atoms with E-state index in [1.165, 1.54) is 11.1 Å². The predicted molar refractivity (Wildman–Crippen MR) is 101 cm³/mol. The zero-order valence-corrected chi connectivity index (χ0v) is 14.3. The van der Waals surface area contributed by atoms with Gasteiger partial charge in [-0.25, -0.2) is 4.98 Å². The molecular weight excluding hydrogens is 334 g/mol. The van der Waals surface area contributed by atoms with Crippen LogP contribution in [0.2, 0.25) is 5.15 Å². The summed E-state index contributed by atoms with van der Waals surface area (Å²) in [5, 5.41) is 3.11. The molecule has 1 amide bonds. The minimum atomic E-state index is -0.268. The molecule has 0 unspecified atom stereocenters. The average molecular weight is 352 g/mol. The van der Waals surface area contributed by atoms with Gasteiger partial charge in [-0.1, -0.05) is 66.2 Å². The maximum atomic E-state index is 12.2. The molecule has 0 aliphatic heterocycles. The Labute approximate surface area is 151 Å². The number of benzene rings is 2. The van der Waals surface area contributed by atoms with Crippen molar-refractivity contribution in [1.29, 1.82) is 0 Å². The number of rotatable bonds is 5. The van der Waals surface area contributed by atoms with E-state index in [4.69, 9.17) is 17.3 Å². The molecule has 0 saturated carbocycles. The fourth-order valence-corrected chi connectivity index (χ4v) is 2.68. The van der Waals surface area contributed by atoms with Crippen LogP contribution in [0.5, 0.6) is 0 Å². The summed E-state index contributed by atoms with van der Waals surface area (Å²) in [6.07, 6.45) is 0.889. The van der Waals surface area contributed by atoms with Gasteiger partial charge in [-0.05, 0) is 35.2 Å². The van der Waals surface area contributed by atoms with E-state index in [1.54, 1.807) is 12.1 Å². The number of nitrogen functional groups attached to an aromatic ring is 1. The van der Waals surface area contributed by atoms with Crippen molar-refractivity contribution in [2.24, 2.45) is 0 Å². The van der Waals surface area contributed by atoms with Crippen molar-refractivity contribution in [1.82, 2.24) is 10.3 Å². The fourth-order valence-electron chi connectivity index (χ4n) is 2.53. The van der Waals surface area contributed by atoms with Gasteiger partial charge in [-0.15, -0.1) is 0 Å². The number of hydrogen-bond acceptors (Lipinski definition) is 3. The number of amides is 1. The molecule has 25 heavy (non-hydrogen) atoms. The van der Waals surface area contributed by atoms with Gasteiger partial charge in [-0.2, -0.15) is 0 Å². The van der Waals surface area contributed by atoms with Gasteiger partial charge in [0.25, 0.3) is 5.91 Å². The molecule has 0 atom stereocenters. The summed E-state index contributed by atoms with van der Waals surface area (Å²) in [5.41, 5.74) is 9.57. The Hall–Kier alpha value is -2.85. The summed E-state index contributed by atoms with van der Waals surface area (Å²) < 4.78 is 0. The smallest absolute Gasteiger partial charge is 0.255 e. The first-order valence-corrected chi connectivity index (χ1v) is 8.31. The third-order valence-corrected chi connectivity index (χ3v) is 4.07. The van der Waals surface area contributed by atoms with Crippen LogP contribution >= 0.6 is 11.6 Å².